The Balaban J connectivity index is 0.000000138. The number of benzene rings is 12. The molecule has 13 rings (SSSR count). The highest BCUT2D eigenvalue weighted by Gasteiger charge is 2.19. The average Bonchev–Trinajstić information content (AvgIpc) is 2.41. The summed E-state index contributed by atoms with van der Waals surface area (Å²) in [4.78, 5) is 0. The Bertz CT molecular complexity index is 4270. The van der Waals surface area contributed by atoms with Gasteiger partial charge in [0.2, 0.25) is 0 Å². The molecule has 1 aliphatic carbocycles. The van der Waals surface area contributed by atoms with Gasteiger partial charge in [-0.25, -0.2) is 0 Å². The second kappa shape index (κ2) is 30.6. The Hall–Kier alpha value is -7.80. The van der Waals surface area contributed by atoms with E-state index in [4.69, 9.17) is 0 Å². The monoisotopic (exact) mass is 1170 g/mol. The van der Waals surface area contributed by atoms with Crippen LogP contribution < -0.4 is 0 Å². The lowest BCUT2D eigenvalue weighted by molar-refractivity contribution is 0.412. The van der Waals surface area contributed by atoms with E-state index in [1.54, 1.807) is 5.56 Å². The molecule has 0 unspecified atom stereocenters. The molecule has 0 atom stereocenters. The molecule has 0 saturated heterocycles. The predicted molar refractivity (Wildman–Crippen MR) is 397 cm³/mol. The van der Waals surface area contributed by atoms with Gasteiger partial charge in [0.1, 0.15) is 0 Å². The molecule has 0 spiro atoms. The van der Waals surface area contributed by atoms with Gasteiger partial charge in [-0.1, -0.05) is 340 Å². The van der Waals surface area contributed by atoms with Crippen molar-refractivity contribution in [1.29, 1.82) is 0 Å². The van der Waals surface area contributed by atoms with Crippen LogP contribution in [0, 0.1) is 59.8 Å². The molecule has 1 saturated carbocycles. The van der Waals surface area contributed by atoms with E-state index >= 15 is 0 Å². The second-order valence-corrected chi connectivity index (χ2v) is 28.9. The molecule has 0 N–H and O–H groups in total. The first kappa shape index (κ1) is 67.1. The lowest BCUT2D eigenvalue weighted by Gasteiger charge is -2.24. The molecular weight excluding hydrogens is 1070 g/mol. The summed E-state index contributed by atoms with van der Waals surface area (Å²) in [6.45, 7) is 38.0. The second-order valence-electron chi connectivity index (χ2n) is 28.9. The van der Waals surface area contributed by atoms with Crippen LogP contribution in [-0.2, 0) is 18.3 Å². The van der Waals surface area contributed by atoms with Crippen molar-refractivity contribution < 1.29 is 0 Å². The molecule has 0 heteroatoms. The first-order chi connectivity index (χ1) is 42.4. The zero-order valence-corrected chi connectivity index (χ0v) is 57.5. The molecule has 12 aromatic rings. The van der Waals surface area contributed by atoms with Crippen molar-refractivity contribution in [3.8, 4) is 0 Å². The van der Waals surface area contributed by atoms with E-state index in [-0.39, 0.29) is 5.41 Å². The lowest BCUT2D eigenvalue weighted by Crippen LogP contribution is -2.11. The largest absolute Gasteiger partial charge is 0.0625 e. The number of rotatable bonds is 5. The summed E-state index contributed by atoms with van der Waals surface area (Å²) < 4.78 is 0. The predicted octanol–water partition coefficient (Wildman–Crippen LogP) is 26.5. The van der Waals surface area contributed by atoms with E-state index in [1.807, 2.05) is 0 Å². The van der Waals surface area contributed by atoms with Gasteiger partial charge in [-0.2, -0.15) is 0 Å². The van der Waals surface area contributed by atoms with Gasteiger partial charge in [0.15, 0.2) is 0 Å². The molecule has 0 heterocycles. The molecule has 0 aromatic heterocycles. The minimum Gasteiger partial charge on any atom is -0.0625 e. The summed E-state index contributed by atoms with van der Waals surface area (Å²) in [7, 11) is 0. The maximum atomic E-state index is 2.42. The van der Waals surface area contributed by atoms with Gasteiger partial charge >= 0.3 is 0 Å². The maximum Gasteiger partial charge on any atom is -0.0126 e. The number of aryl methyl sites for hydroxylation is 7. The van der Waals surface area contributed by atoms with Gasteiger partial charge in [-0.15, -0.1) is 0 Å². The van der Waals surface area contributed by atoms with Gasteiger partial charge in [-0.05, 0) is 201 Å². The molecule has 0 radical (unpaired) electrons. The van der Waals surface area contributed by atoms with Crippen LogP contribution in [0.1, 0.15) is 180 Å². The molecule has 0 nitrogen and oxygen atoms in total. The highest BCUT2D eigenvalue weighted by atomic mass is 14.2. The molecular formula is C89H104. The fraction of sp³-hybridized carbons (Fsp3) is 0.326. The molecule has 12 aromatic carbocycles. The minimum atomic E-state index is 0.214. The third-order valence-electron chi connectivity index (χ3n) is 17.3. The van der Waals surface area contributed by atoms with Crippen LogP contribution in [0.3, 0.4) is 0 Å². The summed E-state index contributed by atoms with van der Waals surface area (Å²) in [5, 5.41) is 16.6. The van der Waals surface area contributed by atoms with E-state index in [0.29, 0.717) is 11.3 Å². The topological polar surface area (TPSA) is 0 Å². The van der Waals surface area contributed by atoms with E-state index in [1.165, 1.54) is 164 Å². The van der Waals surface area contributed by atoms with Crippen molar-refractivity contribution in [2.45, 2.75) is 180 Å². The average molecular weight is 1170 g/mol. The van der Waals surface area contributed by atoms with Crippen molar-refractivity contribution in [2.75, 3.05) is 0 Å². The summed E-state index contributed by atoms with van der Waals surface area (Å²) in [6.07, 6.45) is 9.32. The number of hydrogen-bond donors (Lipinski definition) is 0. The van der Waals surface area contributed by atoms with Crippen LogP contribution in [0.25, 0.3) is 64.6 Å². The fourth-order valence-corrected chi connectivity index (χ4v) is 13.4. The highest BCUT2D eigenvalue weighted by molar-refractivity contribution is 5.91. The fourth-order valence-electron chi connectivity index (χ4n) is 13.4. The van der Waals surface area contributed by atoms with Gasteiger partial charge in [-0.3, -0.25) is 0 Å². The van der Waals surface area contributed by atoms with Crippen molar-refractivity contribution in [3.05, 3.63) is 285 Å². The van der Waals surface area contributed by atoms with Crippen molar-refractivity contribution in [3.63, 3.8) is 0 Å². The molecule has 1 fully saturated rings. The molecule has 460 valence electrons. The molecule has 0 aliphatic heterocycles. The molecule has 0 amide bonds. The SMILES string of the molecule is Cc1cc(C(C)(C)C)c2ccccc2c1.Cc1cc(C(C)C)c2ccccc2c1.Cc1cc(C)c2ccccc2c1.Cc1cc(C2CCCCC2)c2ccccc2c1.Cc1cc(CC(C)(C)C)c2ccccc2c1.Cc1cc(CC(C)C)c2ccccc2c1. The molecule has 0 bridgehead atoms. The van der Waals surface area contributed by atoms with Gasteiger partial charge in [0.25, 0.3) is 0 Å². The van der Waals surface area contributed by atoms with Gasteiger partial charge in [0.05, 0.1) is 0 Å². The zero-order chi connectivity index (χ0) is 64.0. The summed E-state index contributed by atoms with van der Waals surface area (Å²) in [5.74, 6) is 2.11. The van der Waals surface area contributed by atoms with Crippen molar-refractivity contribution in [1.82, 2.24) is 0 Å². The van der Waals surface area contributed by atoms with Crippen LogP contribution >= 0.6 is 0 Å². The Labute approximate surface area is 537 Å². The van der Waals surface area contributed by atoms with E-state index < -0.39 is 0 Å². The van der Waals surface area contributed by atoms with E-state index in [0.717, 1.165) is 18.3 Å². The Kier molecular flexibility index (Phi) is 23.1. The number of fused-ring (bicyclic) bond motifs is 6. The quantitative estimate of drug-likeness (QED) is 0.161. The third kappa shape index (κ3) is 18.9. The standard InChI is InChI=1S/C17H20.C16H20.2C15H18.C14H16.C12H12/c1-13-11-15-9-5-6-10-16(15)17(12-13)14-7-3-2-4-8-14;1-12-9-13-7-5-6-8-15(13)14(10-12)11-16(2,3)4;1-11-9-12-7-5-6-8-13(12)14(10-11)15(2,3)4;1-11(2)8-14-10-12(3)9-13-6-4-5-7-15(13)14;1-10(2)14-9-11(3)8-12-6-4-5-7-13(12)14;1-9-7-10(2)12-6-4-3-5-11(12)8-9/h5-6,9-12,14H,2-4,7-8H2,1H3;5-10H,11H2,1-4H3;5-10H,1-4H3;4-7,9-11H,8H2,1-3H3;4-10H,1-3H3;3-8H,1-2H3. The van der Waals surface area contributed by atoms with Crippen LogP contribution in [-0.4, -0.2) is 0 Å². The van der Waals surface area contributed by atoms with Gasteiger partial charge < -0.3 is 0 Å². The maximum absolute atomic E-state index is 2.42. The smallest absolute Gasteiger partial charge is 0.0126 e. The first-order valence-electron chi connectivity index (χ1n) is 33.3. The lowest BCUT2D eigenvalue weighted by atomic mass is 9.81. The van der Waals surface area contributed by atoms with Crippen molar-refractivity contribution >= 4 is 64.6 Å². The summed E-state index contributed by atoms with van der Waals surface area (Å²) in [5.41, 5.74) is 17.6. The summed E-state index contributed by atoms with van der Waals surface area (Å²) >= 11 is 0. The Morgan fingerprint density at radius 3 is 1.19 bits per heavy atom. The van der Waals surface area contributed by atoms with Crippen LogP contribution in [0.2, 0.25) is 0 Å². The Morgan fingerprint density at radius 2 is 0.708 bits per heavy atom. The van der Waals surface area contributed by atoms with E-state index in [2.05, 4.69) is 336 Å². The Morgan fingerprint density at radius 1 is 0.348 bits per heavy atom. The molecule has 89 heavy (non-hydrogen) atoms. The van der Waals surface area contributed by atoms with Crippen LogP contribution in [0.4, 0.5) is 0 Å². The van der Waals surface area contributed by atoms with Gasteiger partial charge in [0, 0.05) is 0 Å². The normalized spacial score (nSPS) is 12.6. The van der Waals surface area contributed by atoms with Crippen molar-refractivity contribution in [2.24, 2.45) is 11.3 Å². The third-order valence-corrected chi connectivity index (χ3v) is 17.3. The minimum absolute atomic E-state index is 0.214. The highest BCUT2D eigenvalue weighted by Crippen LogP contribution is 2.38. The first-order valence-corrected chi connectivity index (χ1v) is 33.3. The van der Waals surface area contributed by atoms with E-state index in [9.17, 15) is 0 Å². The molecule has 1 aliphatic rings. The number of hydrogen-bond acceptors (Lipinski definition) is 0. The van der Waals surface area contributed by atoms with Crippen LogP contribution in [0.15, 0.2) is 218 Å². The zero-order valence-electron chi connectivity index (χ0n) is 57.5. The van der Waals surface area contributed by atoms with Crippen LogP contribution in [0.5, 0.6) is 0 Å². The summed E-state index contributed by atoms with van der Waals surface area (Å²) in [6, 6.07) is 79.4.